The summed E-state index contributed by atoms with van der Waals surface area (Å²) in [6.45, 7) is 8.57. The summed E-state index contributed by atoms with van der Waals surface area (Å²) in [5, 5.41) is 0. The zero-order chi connectivity index (χ0) is 14.0. The van der Waals surface area contributed by atoms with Crippen LogP contribution in [0.2, 0.25) is 0 Å². The van der Waals surface area contributed by atoms with E-state index < -0.39 is 0 Å². The highest BCUT2D eigenvalue weighted by Crippen LogP contribution is 2.25. The van der Waals surface area contributed by atoms with Crippen LogP contribution in [0.5, 0.6) is 0 Å². The molecule has 0 radical (unpaired) electrons. The molecule has 2 rings (SSSR count). The van der Waals surface area contributed by atoms with E-state index >= 15 is 0 Å². The smallest absolute Gasteiger partial charge is 0.123 e. The number of nitrogens with one attached hydrogen (secondary N) is 1. The minimum Gasteiger partial charge on any atom is -0.341 e. The van der Waals surface area contributed by atoms with Crippen molar-refractivity contribution in [3.63, 3.8) is 0 Å². The predicted molar refractivity (Wildman–Crippen MR) is 79.9 cm³/mol. The molecule has 102 valence electrons. The van der Waals surface area contributed by atoms with Gasteiger partial charge in [-0.05, 0) is 37.8 Å². The highest BCUT2D eigenvalue weighted by molar-refractivity contribution is 5.63. The van der Waals surface area contributed by atoms with Crippen LogP contribution < -0.4 is 5.73 Å². The molecule has 0 aliphatic rings. The summed E-state index contributed by atoms with van der Waals surface area (Å²) in [5.74, 6) is 1.45. The molecule has 1 heterocycles. The standard InChI is InChI=1S/C16H23N3/c1-10(2)7-14(17)16-18-9-15(19-16)13-8-11(3)5-6-12(13)4/h5-6,8-10,14H,7,17H2,1-4H3,(H,18,19). The highest BCUT2D eigenvalue weighted by Gasteiger charge is 2.13. The van der Waals surface area contributed by atoms with Gasteiger partial charge < -0.3 is 10.7 Å². The first-order chi connectivity index (χ1) is 8.97. The maximum Gasteiger partial charge on any atom is 0.123 e. The van der Waals surface area contributed by atoms with E-state index in [4.69, 9.17) is 5.73 Å². The number of benzene rings is 1. The van der Waals surface area contributed by atoms with Crippen molar-refractivity contribution in [3.05, 3.63) is 41.3 Å². The molecular formula is C16H23N3. The van der Waals surface area contributed by atoms with Crippen molar-refractivity contribution in [2.75, 3.05) is 0 Å². The Balaban J connectivity index is 2.28. The molecule has 0 spiro atoms. The molecule has 19 heavy (non-hydrogen) atoms. The molecule has 1 atom stereocenters. The first-order valence-corrected chi connectivity index (χ1v) is 6.85. The average Bonchev–Trinajstić information content (AvgIpc) is 2.80. The minimum atomic E-state index is -0.0149. The van der Waals surface area contributed by atoms with Gasteiger partial charge in [0.15, 0.2) is 0 Å². The summed E-state index contributed by atoms with van der Waals surface area (Å²) < 4.78 is 0. The van der Waals surface area contributed by atoms with Crippen molar-refractivity contribution in [1.82, 2.24) is 9.97 Å². The lowest BCUT2D eigenvalue weighted by Gasteiger charge is -2.11. The molecule has 0 aliphatic carbocycles. The zero-order valence-electron chi connectivity index (χ0n) is 12.2. The van der Waals surface area contributed by atoms with Gasteiger partial charge >= 0.3 is 0 Å². The number of aromatic amines is 1. The third-order valence-electron chi connectivity index (χ3n) is 3.36. The summed E-state index contributed by atoms with van der Waals surface area (Å²) in [6, 6.07) is 6.43. The topological polar surface area (TPSA) is 54.7 Å². The van der Waals surface area contributed by atoms with Gasteiger partial charge in [0.2, 0.25) is 0 Å². The van der Waals surface area contributed by atoms with Crippen molar-refractivity contribution < 1.29 is 0 Å². The lowest BCUT2D eigenvalue weighted by Crippen LogP contribution is -2.14. The quantitative estimate of drug-likeness (QED) is 0.876. The van der Waals surface area contributed by atoms with Gasteiger partial charge in [0.1, 0.15) is 5.82 Å². The third-order valence-corrected chi connectivity index (χ3v) is 3.36. The molecule has 1 aromatic heterocycles. The van der Waals surface area contributed by atoms with Gasteiger partial charge in [0.05, 0.1) is 17.9 Å². The Hall–Kier alpha value is -1.61. The van der Waals surface area contributed by atoms with Crippen molar-refractivity contribution in [2.45, 2.75) is 40.2 Å². The second-order valence-electron chi connectivity index (χ2n) is 5.74. The summed E-state index contributed by atoms with van der Waals surface area (Å²) in [4.78, 5) is 7.80. The lowest BCUT2D eigenvalue weighted by molar-refractivity contribution is 0.496. The van der Waals surface area contributed by atoms with Crippen molar-refractivity contribution in [2.24, 2.45) is 11.7 Å². The second kappa shape index (κ2) is 5.57. The maximum absolute atomic E-state index is 6.16. The van der Waals surface area contributed by atoms with Crippen LogP contribution in [0.3, 0.4) is 0 Å². The van der Waals surface area contributed by atoms with E-state index in [-0.39, 0.29) is 6.04 Å². The molecule has 0 fully saturated rings. The van der Waals surface area contributed by atoms with Gasteiger partial charge in [-0.1, -0.05) is 31.5 Å². The van der Waals surface area contributed by atoms with Gasteiger partial charge in [-0.25, -0.2) is 4.98 Å². The predicted octanol–water partition coefficient (Wildman–Crippen LogP) is 3.74. The largest absolute Gasteiger partial charge is 0.341 e. The van der Waals surface area contributed by atoms with E-state index in [0.29, 0.717) is 5.92 Å². The molecular weight excluding hydrogens is 234 g/mol. The summed E-state index contributed by atoms with van der Waals surface area (Å²) in [6.07, 6.45) is 2.83. The van der Waals surface area contributed by atoms with E-state index in [1.807, 2.05) is 6.20 Å². The van der Waals surface area contributed by atoms with E-state index in [2.05, 4.69) is 55.9 Å². The molecule has 0 saturated carbocycles. The van der Waals surface area contributed by atoms with Gasteiger partial charge in [-0.2, -0.15) is 0 Å². The third kappa shape index (κ3) is 3.24. The first kappa shape index (κ1) is 13.8. The fourth-order valence-corrected chi connectivity index (χ4v) is 2.31. The Kier molecular flexibility index (Phi) is 4.05. The van der Waals surface area contributed by atoms with Gasteiger partial charge in [-0.15, -0.1) is 0 Å². The summed E-state index contributed by atoms with van der Waals surface area (Å²) in [7, 11) is 0. The average molecular weight is 257 g/mol. The van der Waals surface area contributed by atoms with Crippen LogP contribution in [0.4, 0.5) is 0 Å². The minimum absolute atomic E-state index is 0.0149. The number of rotatable bonds is 4. The number of aryl methyl sites for hydroxylation is 2. The zero-order valence-corrected chi connectivity index (χ0v) is 12.2. The fourth-order valence-electron chi connectivity index (χ4n) is 2.31. The van der Waals surface area contributed by atoms with Crippen LogP contribution in [0.1, 0.15) is 43.3 Å². The Morgan fingerprint density at radius 2 is 2.00 bits per heavy atom. The van der Waals surface area contributed by atoms with Crippen LogP contribution in [-0.4, -0.2) is 9.97 Å². The molecule has 3 heteroatoms. The molecule has 1 unspecified atom stereocenters. The summed E-state index contributed by atoms with van der Waals surface area (Å²) >= 11 is 0. The molecule has 0 aliphatic heterocycles. The van der Waals surface area contributed by atoms with Gasteiger partial charge in [0, 0.05) is 5.56 Å². The molecule has 0 amide bonds. The monoisotopic (exact) mass is 257 g/mol. The molecule has 3 N–H and O–H groups in total. The number of nitrogens with zero attached hydrogens (tertiary/aromatic N) is 1. The van der Waals surface area contributed by atoms with Crippen LogP contribution in [-0.2, 0) is 0 Å². The SMILES string of the molecule is Cc1ccc(C)c(-c2cnc(C(N)CC(C)C)[nH]2)c1. The Bertz CT molecular complexity index is 555. The number of imidazole rings is 1. The first-order valence-electron chi connectivity index (χ1n) is 6.85. The molecule has 1 aromatic carbocycles. The lowest BCUT2D eigenvalue weighted by atomic mass is 10.0. The number of hydrogen-bond donors (Lipinski definition) is 2. The van der Waals surface area contributed by atoms with E-state index in [1.165, 1.54) is 16.7 Å². The number of nitrogens with two attached hydrogens (primary N) is 1. The Morgan fingerprint density at radius 3 is 2.68 bits per heavy atom. The van der Waals surface area contributed by atoms with Gasteiger partial charge in [0.25, 0.3) is 0 Å². The number of H-pyrrole nitrogens is 1. The fraction of sp³-hybridized carbons (Fsp3) is 0.438. The second-order valence-corrected chi connectivity index (χ2v) is 5.74. The van der Waals surface area contributed by atoms with E-state index in [0.717, 1.165) is 17.9 Å². The van der Waals surface area contributed by atoms with Crippen LogP contribution in [0.25, 0.3) is 11.3 Å². The van der Waals surface area contributed by atoms with Gasteiger partial charge in [-0.3, -0.25) is 0 Å². The van der Waals surface area contributed by atoms with E-state index in [1.54, 1.807) is 0 Å². The summed E-state index contributed by atoms with van der Waals surface area (Å²) in [5.41, 5.74) is 10.9. The Morgan fingerprint density at radius 1 is 1.26 bits per heavy atom. The number of aromatic nitrogens is 2. The van der Waals surface area contributed by atoms with Crippen LogP contribution in [0, 0.1) is 19.8 Å². The Labute approximate surface area is 115 Å². The molecule has 0 bridgehead atoms. The van der Waals surface area contributed by atoms with Crippen LogP contribution >= 0.6 is 0 Å². The van der Waals surface area contributed by atoms with Crippen molar-refractivity contribution >= 4 is 0 Å². The molecule has 3 nitrogen and oxygen atoms in total. The van der Waals surface area contributed by atoms with Crippen LogP contribution in [0.15, 0.2) is 24.4 Å². The maximum atomic E-state index is 6.16. The van der Waals surface area contributed by atoms with Crippen molar-refractivity contribution in [3.8, 4) is 11.3 Å². The highest BCUT2D eigenvalue weighted by atomic mass is 15.0. The van der Waals surface area contributed by atoms with E-state index in [9.17, 15) is 0 Å². The van der Waals surface area contributed by atoms with Crippen molar-refractivity contribution in [1.29, 1.82) is 0 Å². The number of hydrogen-bond acceptors (Lipinski definition) is 2. The molecule has 0 saturated heterocycles. The molecule has 2 aromatic rings. The normalized spacial score (nSPS) is 12.9.